The Labute approximate surface area is 115 Å². The summed E-state index contributed by atoms with van der Waals surface area (Å²) in [5, 5.41) is 2.54. The minimum absolute atomic E-state index is 0.0770. The van der Waals surface area contributed by atoms with Gasteiger partial charge in [-0.05, 0) is 39.8 Å². The normalized spacial score (nSPS) is 11.6. The van der Waals surface area contributed by atoms with Gasteiger partial charge in [0.15, 0.2) is 23.0 Å². The lowest BCUT2D eigenvalue weighted by Gasteiger charge is -2.26. The van der Waals surface area contributed by atoms with Crippen LogP contribution in [-0.4, -0.2) is 17.6 Å². The van der Waals surface area contributed by atoms with Crippen molar-refractivity contribution in [3.05, 3.63) is 28.8 Å². The molecule has 1 aromatic carbocycles. The van der Waals surface area contributed by atoms with Crippen molar-refractivity contribution >= 4 is 17.5 Å². The summed E-state index contributed by atoms with van der Waals surface area (Å²) >= 11 is 5.51. The predicted octanol–water partition coefficient (Wildman–Crippen LogP) is 3.30. The van der Waals surface area contributed by atoms with Crippen LogP contribution in [0.25, 0.3) is 0 Å². The van der Waals surface area contributed by atoms with Crippen molar-refractivity contribution in [1.29, 1.82) is 0 Å². The Morgan fingerprint density at radius 3 is 2.21 bits per heavy atom. The van der Waals surface area contributed by atoms with Crippen molar-refractivity contribution < 1.29 is 18.3 Å². The van der Waals surface area contributed by atoms with Crippen molar-refractivity contribution in [2.24, 2.45) is 0 Å². The van der Waals surface area contributed by atoms with Crippen molar-refractivity contribution in [2.45, 2.75) is 39.3 Å². The third-order valence-electron chi connectivity index (χ3n) is 2.29. The van der Waals surface area contributed by atoms with Crippen LogP contribution in [0.3, 0.4) is 0 Å². The maximum absolute atomic E-state index is 13.6. The van der Waals surface area contributed by atoms with Crippen molar-refractivity contribution in [3.8, 4) is 5.75 Å². The van der Waals surface area contributed by atoms with Crippen LogP contribution in [0.1, 0.15) is 27.7 Å². The summed E-state index contributed by atoms with van der Waals surface area (Å²) in [5.41, 5.74) is -1.40. The first kappa shape index (κ1) is 15.7. The Kier molecular flexibility index (Phi) is 4.74. The van der Waals surface area contributed by atoms with Crippen LogP contribution in [0.15, 0.2) is 12.1 Å². The molecule has 0 aliphatic heterocycles. The van der Waals surface area contributed by atoms with Gasteiger partial charge < -0.3 is 10.1 Å². The Hall–Kier alpha value is -1.36. The molecule has 1 aromatic rings. The number of nitrogens with one attached hydrogen (secondary N) is 1. The van der Waals surface area contributed by atoms with Gasteiger partial charge in [-0.2, -0.15) is 0 Å². The van der Waals surface area contributed by atoms with Gasteiger partial charge in [-0.1, -0.05) is 11.6 Å². The topological polar surface area (TPSA) is 38.3 Å². The van der Waals surface area contributed by atoms with Gasteiger partial charge in [-0.3, -0.25) is 4.79 Å². The first-order valence-corrected chi connectivity index (χ1v) is 6.16. The highest BCUT2D eigenvalue weighted by atomic mass is 35.5. The fourth-order valence-electron chi connectivity index (χ4n) is 1.36. The fraction of sp³-hybridized carbons (Fsp3) is 0.462. The van der Waals surface area contributed by atoms with E-state index in [1.165, 1.54) is 13.8 Å². The predicted molar refractivity (Wildman–Crippen MR) is 69.4 cm³/mol. The SMILES string of the molecule is CC(C)NC(=O)C(C)(C)Oc1c(F)cc(Cl)cc1F. The zero-order valence-corrected chi connectivity index (χ0v) is 11.9. The van der Waals surface area contributed by atoms with Crippen molar-refractivity contribution in [2.75, 3.05) is 0 Å². The van der Waals surface area contributed by atoms with E-state index in [-0.39, 0.29) is 11.1 Å². The lowest BCUT2D eigenvalue weighted by atomic mass is 10.1. The third-order valence-corrected chi connectivity index (χ3v) is 2.51. The summed E-state index contributed by atoms with van der Waals surface area (Å²) in [4.78, 5) is 11.9. The molecular formula is C13H16ClF2NO2. The molecule has 0 heterocycles. The number of carbonyl (C=O) groups is 1. The average molecular weight is 292 g/mol. The maximum Gasteiger partial charge on any atom is 0.263 e. The number of hydrogen-bond donors (Lipinski definition) is 1. The Morgan fingerprint density at radius 2 is 1.79 bits per heavy atom. The molecule has 0 saturated carbocycles. The quantitative estimate of drug-likeness (QED) is 0.924. The van der Waals surface area contributed by atoms with Crippen molar-refractivity contribution in [1.82, 2.24) is 5.32 Å². The second-order valence-electron chi connectivity index (χ2n) is 4.94. The Bertz CT molecular complexity index is 467. The molecule has 0 fully saturated rings. The number of hydrogen-bond acceptors (Lipinski definition) is 2. The Morgan fingerprint density at radius 1 is 1.32 bits per heavy atom. The van der Waals surface area contributed by atoms with Gasteiger partial charge in [0.05, 0.1) is 0 Å². The number of amides is 1. The van der Waals surface area contributed by atoms with Crippen LogP contribution in [0, 0.1) is 11.6 Å². The fourth-order valence-corrected chi connectivity index (χ4v) is 1.56. The summed E-state index contributed by atoms with van der Waals surface area (Å²) in [7, 11) is 0. The molecule has 1 amide bonds. The van der Waals surface area contributed by atoms with Crippen molar-refractivity contribution in [3.63, 3.8) is 0 Å². The molecule has 0 spiro atoms. The van der Waals surface area contributed by atoms with E-state index in [4.69, 9.17) is 16.3 Å². The Balaban J connectivity index is 2.98. The van der Waals surface area contributed by atoms with Crippen LogP contribution in [0.5, 0.6) is 5.75 Å². The minimum atomic E-state index is -1.40. The van der Waals surface area contributed by atoms with Crippen LogP contribution in [-0.2, 0) is 4.79 Å². The van der Waals surface area contributed by atoms with Crippen LogP contribution in [0.2, 0.25) is 5.02 Å². The number of rotatable bonds is 4. The van der Waals surface area contributed by atoms with Crippen LogP contribution in [0.4, 0.5) is 8.78 Å². The monoisotopic (exact) mass is 291 g/mol. The molecule has 1 rings (SSSR count). The molecule has 106 valence electrons. The van der Waals surface area contributed by atoms with E-state index in [0.717, 1.165) is 12.1 Å². The average Bonchev–Trinajstić information content (AvgIpc) is 2.22. The van der Waals surface area contributed by atoms with Crippen LogP contribution < -0.4 is 10.1 Å². The maximum atomic E-state index is 13.6. The molecule has 0 saturated heterocycles. The molecule has 0 bridgehead atoms. The summed E-state index contributed by atoms with van der Waals surface area (Å²) in [5.74, 6) is -2.98. The smallest absolute Gasteiger partial charge is 0.263 e. The number of benzene rings is 1. The number of carbonyl (C=O) groups excluding carboxylic acids is 1. The van der Waals surface area contributed by atoms with E-state index in [1.807, 2.05) is 0 Å². The third kappa shape index (κ3) is 4.06. The van der Waals surface area contributed by atoms with Gasteiger partial charge in [-0.25, -0.2) is 8.78 Å². The first-order valence-electron chi connectivity index (χ1n) is 5.78. The van der Waals surface area contributed by atoms with Gasteiger partial charge >= 0.3 is 0 Å². The largest absolute Gasteiger partial charge is 0.472 e. The lowest BCUT2D eigenvalue weighted by Crippen LogP contribution is -2.49. The molecule has 0 atom stereocenters. The molecule has 0 aliphatic carbocycles. The molecule has 0 aromatic heterocycles. The van der Waals surface area contributed by atoms with Gasteiger partial charge in [0.25, 0.3) is 5.91 Å². The summed E-state index contributed by atoms with van der Waals surface area (Å²) in [6, 6.07) is 1.75. The van der Waals surface area contributed by atoms with E-state index < -0.39 is 28.9 Å². The van der Waals surface area contributed by atoms with E-state index in [0.29, 0.717) is 0 Å². The molecule has 0 aliphatic rings. The molecule has 19 heavy (non-hydrogen) atoms. The van der Waals surface area contributed by atoms with E-state index in [2.05, 4.69) is 5.32 Å². The molecule has 1 N–H and O–H groups in total. The molecule has 3 nitrogen and oxygen atoms in total. The zero-order chi connectivity index (χ0) is 14.8. The summed E-state index contributed by atoms with van der Waals surface area (Å²) < 4.78 is 32.3. The highest BCUT2D eigenvalue weighted by Gasteiger charge is 2.32. The molecule has 6 heteroatoms. The van der Waals surface area contributed by atoms with Gasteiger partial charge in [0.2, 0.25) is 0 Å². The number of halogens is 3. The highest BCUT2D eigenvalue weighted by Crippen LogP contribution is 2.28. The second kappa shape index (κ2) is 5.74. The summed E-state index contributed by atoms with van der Waals surface area (Å²) in [6.07, 6.45) is 0. The van der Waals surface area contributed by atoms with E-state index >= 15 is 0 Å². The highest BCUT2D eigenvalue weighted by molar-refractivity contribution is 6.30. The minimum Gasteiger partial charge on any atom is -0.472 e. The van der Waals surface area contributed by atoms with Gasteiger partial charge in [0.1, 0.15) is 0 Å². The molecule has 0 unspecified atom stereocenters. The number of ether oxygens (including phenoxy) is 1. The standard InChI is InChI=1S/C13H16ClF2NO2/c1-7(2)17-12(18)13(3,4)19-11-9(15)5-8(14)6-10(11)16/h5-7H,1-4H3,(H,17,18). The van der Waals surface area contributed by atoms with E-state index in [1.54, 1.807) is 13.8 Å². The van der Waals surface area contributed by atoms with E-state index in [9.17, 15) is 13.6 Å². The summed E-state index contributed by atoms with van der Waals surface area (Å²) in [6.45, 7) is 6.41. The lowest BCUT2D eigenvalue weighted by molar-refractivity contribution is -0.135. The first-order chi connectivity index (χ1) is 8.63. The molecular weight excluding hydrogens is 276 g/mol. The zero-order valence-electron chi connectivity index (χ0n) is 11.2. The van der Waals surface area contributed by atoms with Crippen LogP contribution >= 0.6 is 11.6 Å². The second-order valence-corrected chi connectivity index (χ2v) is 5.38. The van der Waals surface area contributed by atoms with Gasteiger partial charge in [0, 0.05) is 11.1 Å². The molecule has 0 radical (unpaired) electrons. The van der Waals surface area contributed by atoms with Gasteiger partial charge in [-0.15, -0.1) is 0 Å².